The van der Waals surface area contributed by atoms with Crippen molar-refractivity contribution in [1.29, 1.82) is 0 Å². The van der Waals surface area contributed by atoms with E-state index in [1.807, 2.05) is 35.2 Å². The summed E-state index contributed by atoms with van der Waals surface area (Å²) in [6, 6.07) is 16.0. The smallest absolute Gasteiger partial charge is 0.210 e. The Labute approximate surface area is 152 Å². The van der Waals surface area contributed by atoms with Crippen LogP contribution in [0.5, 0.6) is 5.75 Å². The van der Waals surface area contributed by atoms with Crippen LogP contribution in [-0.4, -0.2) is 41.2 Å². The van der Waals surface area contributed by atoms with Crippen LogP contribution in [0.25, 0.3) is 10.9 Å². The number of aromatic nitrogens is 1. The molecule has 1 unspecified atom stereocenters. The number of ether oxygens (including phenoxy) is 1. The molecule has 1 amide bonds. The van der Waals surface area contributed by atoms with E-state index in [1.54, 1.807) is 0 Å². The van der Waals surface area contributed by atoms with Crippen molar-refractivity contribution in [2.45, 2.75) is 18.9 Å². The zero-order valence-corrected chi connectivity index (χ0v) is 14.5. The summed E-state index contributed by atoms with van der Waals surface area (Å²) >= 11 is 0. The van der Waals surface area contributed by atoms with E-state index in [2.05, 4.69) is 23.2 Å². The second-order valence-corrected chi connectivity index (χ2v) is 6.55. The minimum atomic E-state index is -0.116. The van der Waals surface area contributed by atoms with Gasteiger partial charge < -0.3 is 19.7 Å². The maximum Gasteiger partial charge on any atom is 0.210 e. The van der Waals surface area contributed by atoms with E-state index in [1.165, 1.54) is 10.9 Å². The predicted octanol–water partition coefficient (Wildman–Crippen LogP) is 3.03. The Morgan fingerprint density at radius 2 is 2.00 bits per heavy atom. The van der Waals surface area contributed by atoms with E-state index in [0.717, 1.165) is 35.4 Å². The monoisotopic (exact) mass is 350 g/mol. The van der Waals surface area contributed by atoms with Crippen LogP contribution >= 0.6 is 0 Å². The number of carbonyl (C=O) groups excluding carboxylic acids is 1. The van der Waals surface area contributed by atoms with Gasteiger partial charge in [0.1, 0.15) is 5.75 Å². The lowest BCUT2D eigenvalue weighted by atomic mass is 9.93. The fourth-order valence-corrected chi connectivity index (χ4v) is 3.73. The molecule has 5 nitrogen and oxygen atoms in total. The number of fused-ring (bicyclic) bond motifs is 3. The Kier molecular flexibility index (Phi) is 4.63. The Bertz CT molecular complexity index is 901. The maximum absolute atomic E-state index is 11.7. The SMILES string of the molecule is O=CN1CCc2c([nH]c3ccccc23)C1c1ccc(OCCCO)cc1. The van der Waals surface area contributed by atoms with Crippen molar-refractivity contribution in [3.63, 3.8) is 0 Å². The Morgan fingerprint density at radius 3 is 2.77 bits per heavy atom. The number of aliphatic hydroxyl groups excluding tert-OH is 1. The van der Waals surface area contributed by atoms with Gasteiger partial charge in [-0.05, 0) is 35.7 Å². The molecule has 134 valence electrons. The van der Waals surface area contributed by atoms with Crippen LogP contribution in [0.15, 0.2) is 48.5 Å². The summed E-state index contributed by atoms with van der Waals surface area (Å²) in [4.78, 5) is 17.0. The van der Waals surface area contributed by atoms with Crippen molar-refractivity contribution >= 4 is 17.3 Å². The summed E-state index contributed by atoms with van der Waals surface area (Å²) in [5.41, 5.74) is 4.56. The van der Waals surface area contributed by atoms with Gasteiger partial charge in [0.25, 0.3) is 0 Å². The molecule has 2 heterocycles. The van der Waals surface area contributed by atoms with Crippen molar-refractivity contribution < 1.29 is 14.6 Å². The van der Waals surface area contributed by atoms with Crippen LogP contribution in [0.2, 0.25) is 0 Å². The molecule has 0 saturated carbocycles. The zero-order valence-electron chi connectivity index (χ0n) is 14.5. The molecule has 0 radical (unpaired) electrons. The van der Waals surface area contributed by atoms with Crippen LogP contribution in [0.4, 0.5) is 0 Å². The minimum Gasteiger partial charge on any atom is -0.494 e. The number of rotatable bonds is 6. The molecule has 0 fully saturated rings. The third-order valence-electron chi connectivity index (χ3n) is 4.97. The Morgan fingerprint density at radius 1 is 1.19 bits per heavy atom. The number of hydrogen-bond acceptors (Lipinski definition) is 3. The van der Waals surface area contributed by atoms with E-state index in [0.29, 0.717) is 19.6 Å². The number of nitrogens with zero attached hydrogens (tertiary/aromatic N) is 1. The van der Waals surface area contributed by atoms with E-state index < -0.39 is 0 Å². The van der Waals surface area contributed by atoms with Gasteiger partial charge in [0, 0.05) is 36.2 Å². The van der Waals surface area contributed by atoms with Crippen LogP contribution < -0.4 is 4.74 Å². The lowest BCUT2D eigenvalue weighted by Gasteiger charge is -2.33. The van der Waals surface area contributed by atoms with Gasteiger partial charge in [0.2, 0.25) is 6.41 Å². The zero-order chi connectivity index (χ0) is 17.9. The highest BCUT2D eigenvalue weighted by Gasteiger charge is 2.30. The molecular formula is C21H22N2O3. The third-order valence-corrected chi connectivity index (χ3v) is 4.97. The molecule has 1 aliphatic heterocycles. The van der Waals surface area contributed by atoms with Crippen molar-refractivity contribution in [3.8, 4) is 5.75 Å². The van der Waals surface area contributed by atoms with Crippen molar-refractivity contribution in [1.82, 2.24) is 9.88 Å². The Hall–Kier alpha value is -2.79. The number of amides is 1. The van der Waals surface area contributed by atoms with Gasteiger partial charge in [-0.15, -0.1) is 0 Å². The van der Waals surface area contributed by atoms with Crippen LogP contribution in [0.3, 0.4) is 0 Å². The van der Waals surface area contributed by atoms with Gasteiger partial charge >= 0.3 is 0 Å². The minimum absolute atomic E-state index is 0.116. The van der Waals surface area contributed by atoms with Crippen molar-refractivity contribution in [2.24, 2.45) is 0 Å². The topological polar surface area (TPSA) is 65.6 Å². The molecule has 4 rings (SSSR count). The second kappa shape index (κ2) is 7.22. The average Bonchev–Trinajstić information content (AvgIpc) is 3.06. The first kappa shape index (κ1) is 16.7. The number of H-pyrrole nitrogens is 1. The molecule has 3 aromatic rings. The van der Waals surface area contributed by atoms with Crippen molar-refractivity contribution in [3.05, 3.63) is 65.4 Å². The Balaban J connectivity index is 1.69. The summed E-state index contributed by atoms with van der Waals surface area (Å²) in [5, 5.41) is 10.1. The first-order valence-corrected chi connectivity index (χ1v) is 8.96. The van der Waals surface area contributed by atoms with Gasteiger partial charge in [0.15, 0.2) is 0 Å². The third kappa shape index (κ3) is 2.95. The number of benzene rings is 2. The molecule has 0 spiro atoms. The lowest BCUT2D eigenvalue weighted by Crippen LogP contribution is -2.34. The molecule has 2 aromatic carbocycles. The van der Waals surface area contributed by atoms with Gasteiger partial charge in [-0.2, -0.15) is 0 Å². The number of hydrogen-bond donors (Lipinski definition) is 2. The first-order valence-electron chi connectivity index (χ1n) is 8.96. The molecule has 2 N–H and O–H groups in total. The van der Waals surface area contributed by atoms with Gasteiger partial charge in [-0.25, -0.2) is 0 Å². The fourth-order valence-electron chi connectivity index (χ4n) is 3.73. The molecular weight excluding hydrogens is 328 g/mol. The standard InChI is InChI=1S/C21H22N2O3/c24-12-3-13-26-16-8-6-15(7-9-16)21-20-18(10-11-23(21)14-25)17-4-1-2-5-19(17)22-20/h1-2,4-9,14,21-22,24H,3,10-13H2. The highest BCUT2D eigenvalue weighted by molar-refractivity contribution is 5.85. The normalized spacial score (nSPS) is 16.5. The quantitative estimate of drug-likeness (QED) is 0.530. The summed E-state index contributed by atoms with van der Waals surface area (Å²) in [5.74, 6) is 0.771. The fraction of sp³-hybridized carbons (Fsp3) is 0.286. The molecule has 0 saturated heterocycles. The van der Waals surface area contributed by atoms with Gasteiger partial charge in [0.05, 0.1) is 12.6 Å². The summed E-state index contributed by atoms with van der Waals surface area (Å²) in [6.45, 7) is 1.32. The van der Waals surface area contributed by atoms with E-state index >= 15 is 0 Å². The van der Waals surface area contributed by atoms with Crippen LogP contribution in [0, 0.1) is 0 Å². The van der Waals surface area contributed by atoms with Crippen LogP contribution in [-0.2, 0) is 11.2 Å². The first-order chi connectivity index (χ1) is 12.8. The van der Waals surface area contributed by atoms with Crippen molar-refractivity contribution in [2.75, 3.05) is 19.8 Å². The van der Waals surface area contributed by atoms with Gasteiger partial charge in [-0.1, -0.05) is 30.3 Å². The summed E-state index contributed by atoms with van der Waals surface area (Å²) in [6.07, 6.45) is 2.41. The second-order valence-electron chi connectivity index (χ2n) is 6.55. The summed E-state index contributed by atoms with van der Waals surface area (Å²) in [7, 11) is 0. The molecule has 0 aliphatic carbocycles. The summed E-state index contributed by atoms with van der Waals surface area (Å²) < 4.78 is 5.61. The van der Waals surface area contributed by atoms with E-state index in [-0.39, 0.29) is 12.6 Å². The van der Waals surface area contributed by atoms with E-state index in [9.17, 15) is 4.79 Å². The van der Waals surface area contributed by atoms with Crippen LogP contribution in [0.1, 0.15) is 29.3 Å². The predicted molar refractivity (Wildman–Crippen MR) is 100 cm³/mol. The number of aromatic amines is 1. The molecule has 1 aliphatic rings. The average molecular weight is 350 g/mol. The number of nitrogens with one attached hydrogen (secondary N) is 1. The number of carbonyl (C=O) groups is 1. The molecule has 0 bridgehead atoms. The molecule has 1 aromatic heterocycles. The van der Waals surface area contributed by atoms with E-state index in [4.69, 9.17) is 9.84 Å². The molecule has 1 atom stereocenters. The molecule has 5 heteroatoms. The maximum atomic E-state index is 11.7. The largest absolute Gasteiger partial charge is 0.494 e. The van der Waals surface area contributed by atoms with Gasteiger partial charge in [-0.3, -0.25) is 4.79 Å². The highest BCUT2D eigenvalue weighted by atomic mass is 16.5. The number of para-hydroxylation sites is 1. The lowest BCUT2D eigenvalue weighted by molar-refractivity contribution is -0.120. The number of aliphatic hydroxyl groups is 1. The molecule has 26 heavy (non-hydrogen) atoms. The highest BCUT2D eigenvalue weighted by Crippen LogP contribution is 2.37.